The van der Waals surface area contributed by atoms with Crippen LogP contribution in [0.3, 0.4) is 0 Å². The van der Waals surface area contributed by atoms with Crippen LogP contribution in [0.2, 0.25) is 0 Å². The lowest BCUT2D eigenvalue weighted by molar-refractivity contribution is -0.00547. The van der Waals surface area contributed by atoms with Crippen molar-refractivity contribution in [1.82, 2.24) is 9.97 Å². The number of aromatic nitrogens is 2. The summed E-state index contributed by atoms with van der Waals surface area (Å²) in [5.74, 6) is 2.63. The molecule has 94 valence electrons. The van der Waals surface area contributed by atoms with Gasteiger partial charge in [-0.1, -0.05) is 0 Å². The Morgan fingerprint density at radius 3 is 2.53 bits per heavy atom. The first-order chi connectivity index (χ1) is 8.08. The van der Waals surface area contributed by atoms with Crippen molar-refractivity contribution in [3.63, 3.8) is 0 Å². The van der Waals surface area contributed by atoms with Crippen LogP contribution in [0.15, 0.2) is 6.07 Å². The normalized spacial score (nSPS) is 24.8. The van der Waals surface area contributed by atoms with E-state index in [0.717, 1.165) is 30.5 Å². The Morgan fingerprint density at radius 2 is 1.94 bits per heavy atom. The minimum atomic E-state index is 0.243. The Balaban J connectivity index is 2.23. The van der Waals surface area contributed by atoms with Crippen LogP contribution in [0.5, 0.6) is 0 Å². The van der Waals surface area contributed by atoms with E-state index in [1.54, 1.807) is 0 Å². The fraction of sp³-hybridized carbons (Fsp3) is 0.667. The molecule has 0 aromatic carbocycles. The van der Waals surface area contributed by atoms with Gasteiger partial charge in [0, 0.05) is 26.2 Å². The van der Waals surface area contributed by atoms with Crippen molar-refractivity contribution in [2.45, 2.75) is 33.0 Å². The van der Waals surface area contributed by atoms with Gasteiger partial charge in [0.1, 0.15) is 17.5 Å². The molecule has 1 aromatic heterocycles. The van der Waals surface area contributed by atoms with Crippen molar-refractivity contribution >= 4 is 11.6 Å². The molecular formula is C12H20N4O. The molecule has 0 unspecified atom stereocenters. The number of hydrogen-bond donors (Lipinski definition) is 1. The Labute approximate surface area is 102 Å². The molecule has 1 aromatic rings. The molecule has 1 aliphatic rings. The summed E-state index contributed by atoms with van der Waals surface area (Å²) in [5.41, 5.74) is 0. The Bertz CT molecular complexity index is 386. The van der Waals surface area contributed by atoms with E-state index in [4.69, 9.17) is 4.74 Å². The molecule has 0 aliphatic carbocycles. The van der Waals surface area contributed by atoms with Gasteiger partial charge in [0.25, 0.3) is 0 Å². The van der Waals surface area contributed by atoms with Crippen molar-refractivity contribution in [3.05, 3.63) is 11.9 Å². The monoisotopic (exact) mass is 236 g/mol. The third-order valence-corrected chi connectivity index (χ3v) is 2.82. The molecule has 1 aliphatic heterocycles. The summed E-state index contributed by atoms with van der Waals surface area (Å²) in [7, 11) is 1.87. The lowest BCUT2D eigenvalue weighted by Crippen LogP contribution is -2.45. The molecule has 1 N–H and O–H groups in total. The van der Waals surface area contributed by atoms with E-state index in [0.29, 0.717) is 0 Å². The summed E-state index contributed by atoms with van der Waals surface area (Å²) < 4.78 is 5.72. The first-order valence-electron chi connectivity index (χ1n) is 6.02. The van der Waals surface area contributed by atoms with Gasteiger partial charge in [-0.05, 0) is 20.8 Å². The van der Waals surface area contributed by atoms with Gasteiger partial charge in [0.15, 0.2) is 0 Å². The van der Waals surface area contributed by atoms with Crippen LogP contribution >= 0.6 is 0 Å². The average molecular weight is 236 g/mol. The van der Waals surface area contributed by atoms with Gasteiger partial charge in [0.05, 0.1) is 12.2 Å². The van der Waals surface area contributed by atoms with Gasteiger partial charge >= 0.3 is 0 Å². The van der Waals surface area contributed by atoms with E-state index in [1.165, 1.54) is 0 Å². The van der Waals surface area contributed by atoms with Crippen molar-refractivity contribution < 1.29 is 4.74 Å². The lowest BCUT2D eigenvalue weighted by atomic mass is 10.2. The molecule has 2 heterocycles. The zero-order chi connectivity index (χ0) is 12.4. The maximum atomic E-state index is 5.72. The van der Waals surface area contributed by atoms with Gasteiger partial charge in [-0.2, -0.15) is 0 Å². The second-order valence-corrected chi connectivity index (χ2v) is 4.57. The SMILES string of the molecule is CNc1cc(N2C[C@@H](C)O[C@H](C)C2)nc(C)n1. The second-order valence-electron chi connectivity index (χ2n) is 4.57. The Morgan fingerprint density at radius 1 is 1.29 bits per heavy atom. The van der Waals surface area contributed by atoms with E-state index in [2.05, 4.69) is 34.0 Å². The van der Waals surface area contributed by atoms with Crippen LogP contribution in [-0.4, -0.2) is 42.3 Å². The molecule has 17 heavy (non-hydrogen) atoms. The highest BCUT2D eigenvalue weighted by molar-refractivity contribution is 5.49. The van der Waals surface area contributed by atoms with Crippen LogP contribution in [0.1, 0.15) is 19.7 Å². The number of hydrogen-bond acceptors (Lipinski definition) is 5. The van der Waals surface area contributed by atoms with Crippen molar-refractivity contribution in [3.8, 4) is 0 Å². The molecule has 1 saturated heterocycles. The second kappa shape index (κ2) is 4.87. The van der Waals surface area contributed by atoms with Gasteiger partial charge < -0.3 is 15.0 Å². The van der Waals surface area contributed by atoms with Gasteiger partial charge in [-0.3, -0.25) is 0 Å². The zero-order valence-corrected chi connectivity index (χ0v) is 10.9. The van der Waals surface area contributed by atoms with Gasteiger partial charge in [-0.25, -0.2) is 9.97 Å². The van der Waals surface area contributed by atoms with Crippen LogP contribution in [0.4, 0.5) is 11.6 Å². The number of morpholine rings is 1. The van der Waals surface area contributed by atoms with E-state index >= 15 is 0 Å². The molecule has 0 spiro atoms. The topological polar surface area (TPSA) is 50.3 Å². The summed E-state index contributed by atoms with van der Waals surface area (Å²) in [4.78, 5) is 11.1. The maximum Gasteiger partial charge on any atom is 0.134 e. The smallest absolute Gasteiger partial charge is 0.134 e. The van der Waals surface area contributed by atoms with Crippen LogP contribution in [-0.2, 0) is 4.74 Å². The summed E-state index contributed by atoms with van der Waals surface area (Å²) >= 11 is 0. The first-order valence-corrected chi connectivity index (χ1v) is 6.02. The van der Waals surface area contributed by atoms with E-state index in [1.807, 2.05) is 20.0 Å². The molecule has 0 amide bonds. The number of aryl methyl sites for hydroxylation is 1. The highest BCUT2D eigenvalue weighted by Crippen LogP contribution is 2.20. The maximum absolute atomic E-state index is 5.72. The molecule has 2 rings (SSSR count). The molecule has 5 heteroatoms. The Kier molecular flexibility index (Phi) is 3.47. The minimum Gasteiger partial charge on any atom is -0.373 e. The molecule has 0 bridgehead atoms. The van der Waals surface area contributed by atoms with E-state index in [9.17, 15) is 0 Å². The summed E-state index contributed by atoms with van der Waals surface area (Å²) in [6.45, 7) is 7.86. The number of rotatable bonds is 2. The number of nitrogens with zero attached hydrogens (tertiary/aromatic N) is 3. The number of nitrogens with one attached hydrogen (secondary N) is 1. The first kappa shape index (κ1) is 12.1. The largest absolute Gasteiger partial charge is 0.373 e. The summed E-state index contributed by atoms with van der Waals surface area (Å²) in [5, 5.41) is 3.06. The molecule has 0 radical (unpaired) electrons. The molecular weight excluding hydrogens is 216 g/mol. The predicted molar refractivity (Wildman–Crippen MR) is 68.5 cm³/mol. The fourth-order valence-corrected chi connectivity index (χ4v) is 2.21. The molecule has 2 atom stereocenters. The molecule has 5 nitrogen and oxygen atoms in total. The summed E-state index contributed by atoms with van der Waals surface area (Å²) in [6.07, 6.45) is 0.485. The number of ether oxygens (including phenoxy) is 1. The highest BCUT2D eigenvalue weighted by Gasteiger charge is 2.23. The van der Waals surface area contributed by atoms with Crippen molar-refractivity contribution in [1.29, 1.82) is 0 Å². The molecule has 0 saturated carbocycles. The average Bonchev–Trinajstić information content (AvgIpc) is 2.26. The van der Waals surface area contributed by atoms with E-state index < -0.39 is 0 Å². The highest BCUT2D eigenvalue weighted by atomic mass is 16.5. The van der Waals surface area contributed by atoms with Gasteiger partial charge in [0.2, 0.25) is 0 Å². The minimum absolute atomic E-state index is 0.243. The predicted octanol–water partition coefficient (Wildman–Crippen LogP) is 1.44. The fourth-order valence-electron chi connectivity index (χ4n) is 2.21. The van der Waals surface area contributed by atoms with Crippen molar-refractivity contribution in [2.75, 3.05) is 30.4 Å². The Hall–Kier alpha value is -1.36. The standard InChI is InChI=1S/C12H20N4O/c1-8-6-16(7-9(2)17-8)12-5-11(13-4)14-10(3)15-12/h5,8-9H,6-7H2,1-4H3,(H,13,14,15)/t8-,9-/m1/s1. The zero-order valence-electron chi connectivity index (χ0n) is 10.9. The van der Waals surface area contributed by atoms with Crippen molar-refractivity contribution in [2.24, 2.45) is 0 Å². The molecule has 1 fully saturated rings. The van der Waals surface area contributed by atoms with E-state index in [-0.39, 0.29) is 12.2 Å². The van der Waals surface area contributed by atoms with Gasteiger partial charge in [-0.15, -0.1) is 0 Å². The van der Waals surface area contributed by atoms with Crippen LogP contribution < -0.4 is 10.2 Å². The third kappa shape index (κ3) is 2.85. The third-order valence-electron chi connectivity index (χ3n) is 2.82. The summed E-state index contributed by atoms with van der Waals surface area (Å²) in [6, 6.07) is 1.98. The van der Waals surface area contributed by atoms with Crippen LogP contribution in [0.25, 0.3) is 0 Å². The lowest BCUT2D eigenvalue weighted by Gasteiger charge is -2.36. The quantitative estimate of drug-likeness (QED) is 0.842. The number of anilines is 2. The van der Waals surface area contributed by atoms with Crippen LogP contribution in [0, 0.1) is 6.92 Å².